The van der Waals surface area contributed by atoms with Gasteiger partial charge in [0.25, 0.3) is 11.8 Å². The zero-order chi connectivity index (χ0) is 30.8. The average molecular weight is 614 g/mol. The van der Waals surface area contributed by atoms with Crippen molar-refractivity contribution in [1.29, 1.82) is 0 Å². The highest BCUT2D eigenvalue weighted by atomic mass is 35.5. The van der Waals surface area contributed by atoms with E-state index in [1.54, 1.807) is 22.9 Å². The van der Waals surface area contributed by atoms with E-state index in [0.29, 0.717) is 39.3 Å². The number of aromatic amines is 1. The minimum absolute atomic E-state index is 0.0658. The van der Waals surface area contributed by atoms with Crippen molar-refractivity contribution in [3.63, 3.8) is 0 Å². The van der Waals surface area contributed by atoms with Gasteiger partial charge < -0.3 is 10.2 Å². The van der Waals surface area contributed by atoms with Gasteiger partial charge in [0, 0.05) is 28.2 Å². The molecule has 3 aromatic rings. The van der Waals surface area contributed by atoms with Crippen LogP contribution in [0.1, 0.15) is 94.2 Å². The number of halogens is 2. The van der Waals surface area contributed by atoms with Crippen molar-refractivity contribution in [2.24, 2.45) is 29.3 Å². The number of nitrogens with zero attached hydrogens (tertiary/aromatic N) is 4. The van der Waals surface area contributed by atoms with Crippen LogP contribution in [0.5, 0.6) is 0 Å². The molecule has 8 nitrogen and oxygen atoms in total. The van der Waals surface area contributed by atoms with Crippen molar-refractivity contribution < 1.29 is 9.59 Å². The summed E-state index contributed by atoms with van der Waals surface area (Å²) >= 11 is 12.7. The fourth-order valence-electron chi connectivity index (χ4n) is 5.51. The van der Waals surface area contributed by atoms with Gasteiger partial charge in [0.15, 0.2) is 5.82 Å². The smallest absolute Gasteiger partial charge is 0.274 e. The van der Waals surface area contributed by atoms with Crippen LogP contribution in [0.4, 0.5) is 0 Å². The van der Waals surface area contributed by atoms with Crippen LogP contribution in [-0.4, -0.2) is 43.6 Å². The van der Waals surface area contributed by atoms with E-state index in [1.165, 1.54) is 0 Å². The second-order valence-electron chi connectivity index (χ2n) is 13.0. The van der Waals surface area contributed by atoms with Gasteiger partial charge in [-0.15, -0.1) is 5.10 Å². The summed E-state index contributed by atoms with van der Waals surface area (Å²) in [4.78, 5) is 34.1. The highest BCUT2D eigenvalue weighted by Gasteiger charge is 2.42. The number of nitrogens with one attached hydrogen (secondary N) is 2. The van der Waals surface area contributed by atoms with Crippen LogP contribution < -0.4 is 5.32 Å². The quantitative estimate of drug-likeness (QED) is 0.240. The van der Waals surface area contributed by atoms with Crippen molar-refractivity contribution in [2.45, 2.75) is 79.6 Å². The van der Waals surface area contributed by atoms with Crippen LogP contribution in [0.25, 0.3) is 0 Å². The molecule has 1 aliphatic rings. The van der Waals surface area contributed by atoms with Gasteiger partial charge in [0.2, 0.25) is 0 Å². The maximum atomic E-state index is 14.3. The molecule has 4 rings (SSSR count). The standard InChI is InChI=1S/C32H42Cl2N6O2/c1-19(2)14-20(3)29-36-28(23-15-24(33)17-25(34)16-23)31(42)40(29)26(12-13-32(4,5)6)21-8-10-22(11-9-21)30(41)35-18-27-37-38-39(27)7/h8-11,15-17,19-20,26,29,38H,12-14,18H2,1-7H3,(H,35,41). The van der Waals surface area contributed by atoms with Gasteiger partial charge in [-0.3, -0.25) is 19.3 Å². The first kappa shape index (κ1) is 31.8. The second-order valence-corrected chi connectivity index (χ2v) is 13.8. The summed E-state index contributed by atoms with van der Waals surface area (Å²) in [5.41, 5.74) is 2.59. The molecule has 3 atom stereocenters. The molecule has 0 spiro atoms. The van der Waals surface area contributed by atoms with Crippen molar-refractivity contribution in [3.05, 3.63) is 75.0 Å². The zero-order valence-corrected chi connectivity index (χ0v) is 27.1. The van der Waals surface area contributed by atoms with Gasteiger partial charge in [-0.2, -0.15) is 0 Å². The Balaban J connectivity index is 1.68. The van der Waals surface area contributed by atoms with Gasteiger partial charge in [0.05, 0.1) is 12.6 Å². The van der Waals surface area contributed by atoms with E-state index < -0.39 is 0 Å². The number of benzene rings is 2. The van der Waals surface area contributed by atoms with E-state index in [2.05, 4.69) is 57.2 Å². The summed E-state index contributed by atoms with van der Waals surface area (Å²) < 4.78 is 1.75. The molecule has 3 unspecified atom stereocenters. The Bertz CT molecular complexity index is 1410. The molecular weight excluding hydrogens is 571 g/mol. The van der Waals surface area contributed by atoms with Crippen molar-refractivity contribution in [1.82, 2.24) is 25.2 Å². The summed E-state index contributed by atoms with van der Waals surface area (Å²) in [6.07, 6.45) is 2.23. The first-order chi connectivity index (χ1) is 19.7. The first-order valence-electron chi connectivity index (χ1n) is 14.5. The van der Waals surface area contributed by atoms with E-state index >= 15 is 0 Å². The monoisotopic (exact) mass is 612 g/mol. The Labute approximate surface area is 258 Å². The van der Waals surface area contributed by atoms with Crippen LogP contribution in [0.15, 0.2) is 47.5 Å². The molecule has 0 saturated heterocycles. The molecule has 2 heterocycles. The maximum Gasteiger partial charge on any atom is 0.274 e. The number of aryl methyl sites for hydroxylation is 1. The Morgan fingerprint density at radius 1 is 1.07 bits per heavy atom. The zero-order valence-electron chi connectivity index (χ0n) is 25.5. The number of hydrogen-bond donors (Lipinski definition) is 2. The summed E-state index contributed by atoms with van der Waals surface area (Å²) in [6.45, 7) is 13.5. The molecule has 1 aliphatic heterocycles. The van der Waals surface area contributed by atoms with Crippen LogP contribution >= 0.6 is 23.2 Å². The van der Waals surface area contributed by atoms with E-state index in [4.69, 9.17) is 28.2 Å². The molecule has 0 radical (unpaired) electrons. The second kappa shape index (κ2) is 13.0. The van der Waals surface area contributed by atoms with Crippen LogP contribution in [0.2, 0.25) is 10.0 Å². The SMILES string of the molecule is CC(C)CC(C)C1N=C(c2cc(Cl)cc(Cl)c2)C(=O)N1C(CCC(C)(C)C)c1ccc(C(=O)NCc2n[nH]n2C)cc1. The molecule has 0 bridgehead atoms. The lowest BCUT2D eigenvalue weighted by molar-refractivity contribution is -0.128. The number of rotatable bonds is 11. The third-order valence-corrected chi connectivity index (χ3v) is 8.09. The number of aromatic nitrogens is 3. The third kappa shape index (κ3) is 7.64. The Morgan fingerprint density at radius 2 is 1.71 bits per heavy atom. The Morgan fingerprint density at radius 3 is 2.24 bits per heavy atom. The molecule has 0 fully saturated rings. The van der Waals surface area contributed by atoms with E-state index in [0.717, 1.165) is 30.7 Å². The first-order valence-corrected chi connectivity index (χ1v) is 15.3. The molecule has 10 heteroatoms. The van der Waals surface area contributed by atoms with Crippen molar-refractivity contribution in [2.75, 3.05) is 0 Å². The minimum atomic E-state index is -0.338. The average Bonchev–Trinajstić information content (AvgIpc) is 3.23. The molecular formula is C32H42Cl2N6O2. The Hall–Kier alpha value is -3.10. The molecule has 226 valence electrons. The lowest BCUT2D eigenvalue weighted by atomic mass is 9.85. The lowest BCUT2D eigenvalue weighted by Crippen LogP contribution is -2.43. The molecule has 2 N–H and O–H groups in total. The van der Waals surface area contributed by atoms with Gasteiger partial charge in [0.1, 0.15) is 11.9 Å². The predicted octanol–water partition coefficient (Wildman–Crippen LogP) is 7.19. The number of carbonyl (C=O) groups is 2. The highest BCUT2D eigenvalue weighted by Crippen LogP contribution is 2.39. The highest BCUT2D eigenvalue weighted by molar-refractivity contribution is 6.47. The van der Waals surface area contributed by atoms with Crippen LogP contribution in [0, 0.1) is 17.3 Å². The van der Waals surface area contributed by atoms with Crippen LogP contribution in [0.3, 0.4) is 0 Å². The summed E-state index contributed by atoms with van der Waals surface area (Å²) in [5, 5.41) is 10.6. The topological polar surface area (TPSA) is 95.4 Å². The van der Waals surface area contributed by atoms with Gasteiger partial charge >= 0.3 is 0 Å². The van der Waals surface area contributed by atoms with Crippen LogP contribution in [-0.2, 0) is 18.4 Å². The van der Waals surface area contributed by atoms with Gasteiger partial charge in [-0.05, 0) is 72.4 Å². The molecule has 0 saturated carbocycles. The molecule has 2 amide bonds. The minimum Gasteiger partial charge on any atom is -0.345 e. The molecule has 0 aliphatic carbocycles. The fourth-order valence-corrected chi connectivity index (χ4v) is 6.03. The van der Waals surface area contributed by atoms with E-state index in [9.17, 15) is 9.59 Å². The lowest BCUT2D eigenvalue weighted by Gasteiger charge is -2.37. The predicted molar refractivity (Wildman–Crippen MR) is 169 cm³/mol. The molecule has 1 aromatic heterocycles. The number of hydrogen-bond acceptors (Lipinski definition) is 4. The summed E-state index contributed by atoms with van der Waals surface area (Å²) in [5.74, 6) is 1.02. The van der Waals surface area contributed by atoms with Crippen molar-refractivity contribution in [3.8, 4) is 0 Å². The largest absolute Gasteiger partial charge is 0.345 e. The summed E-state index contributed by atoms with van der Waals surface area (Å²) in [7, 11) is 1.84. The number of amides is 2. The normalized spacial score (nSPS) is 17.1. The third-order valence-electron chi connectivity index (χ3n) is 7.66. The Kier molecular flexibility index (Phi) is 9.88. The number of aliphatic imine (C=N–C) groups is 1. The summed E-state index contributed by atoms with van der Waals surface area (Å²) in [6, 6.07) is 12.5. The van der Waals surface area contributed by atoms with Crippen molar-refractivity contribution >= 4 is 40.7 Å². The maximum absolute atomic E-state index is 14.3. The van der Waals surface area contributed by atoms with E-state index in [1.807, 2.05) is 36.2 Å². The molecule has 2 aromatic carbocycles. The van der Waals surface area contributed by atoms with Gasteiger partial charge in [-0.25, -0.2) is 5.21 Å². The molecule has 42 heavy (non-hydrogen) atoms. The fraction of sp³-hybridized carbons (Fsp3) is 0.500. The van der Waals surface area contributed by atoms with Gasteiger partial charge in [-0.1, -0.05) is 76.9 Å². The van der Waals surface area contributed by atoms with E-state index in [-0.39, 0.29) is 35.4 Å². The number of H-pyrrole nitrogens is 1. The number of carbonyl (C=O) groups excluding carboxylic acids is 2.